The Bertz CT molecular complexity index is 567. The molecule has 16 heavy (non-hydrogen) atoms. The van der Waals surface area contributed by atoms with Gasteiger partial charge in [-0.1, -0.05) is 30.3 Å². The first kappa shape index (κ1) is 9.59. The van der Waals surface area contributed by atoms with E-state index in [2.05, 4.69) is 48.3 Å². The van der Waals surface area contributed by atoms with Gasteiger partial charge in [-0.05, 0) is 37.8 Å². The minimum atomic E-state index is 1.10. The molecule has 0 saturated carbocycles. The van der Waals surface area contributed by atoms with Gasteiger partial charge in [-0.3, -0.25) is 4.98 Å². The highest BCUT2D eigenvalue weighted by molar-refractivity contribution is 5.91. The van der Waals surface area contributed by atoms with E-state index in [1.165, 1.54) is 35.8 Å². The summed E-state index contributed by atoms with van der Waals surface area (Å²) in [6.45, 7) is 2.05. The van der Waals surface area contributed by atoms with Gasteiger partial charge in [-0.25, -0.2) is 0 Å². The molecular formula is C15H15N. The lowest BCUT2D eigenvalue weighted by Gasteiger charge is -2.07. The Labute approximate surface area is 95.8 Å². The number of aromatic nitrogens is 1. The van der Waals surface area contributed by atoms with Gasteiger partial charge < -0.3 is 0 Å². The smallest absolute Gasteiger partial charge is 0.0780 e. The Hall–Kier alpha value is -1.63. The second kappa shape index (κ2) is 3.75. The highest BCUT2D eigenvalue weighted by Crippen LogP contribution is 2.31. The molecule has 0 radical (unpaired) electrons. The topological polar surface area (TPSA) is 12.9 Å². The van der Waals surface area contributed by atoms with Crippen LogP contribution in [0.15, 0.2) is 36.4 Å². The van der Waals surface area contributed by atoms with Crippen LogP contribution in [0.3, 0.4) is 0 Å². The Morgan fingerprint density at radius 1 is 1.12 bits per heavy atom. The van der Waals surface area contributed by atoms with Gasteiger partial charge in [-0.15, -0.1) is 0 Å². The number of hydrogen-bond donors (Lipinski definition) is 0. The van der Waals surface area contributed by atoms with Crippen molar-refractivity contribution in [3.8, 4) is 0 Å². The number of pyridine rings is 1. The number of nitrogens with zero attached hydrogens (tertiary/aromatic N) is 1. The average Bonchev–Trinajstić information content (AvgIpc) is 2.81. The molecule has 3 rings (SSSR count). The highest BCUT2D eigenvalue weighted by Gasteiger charge is 2.10. The summed E-state index contributed by atoms with van der Waals surface area (Å²) in [6.07, 6.45) is 6.07. The first-order valence-corrected chi connectivity index (χ1v) is 5.90. The van der Waals surface area contributed by atoms with E-state index in [-0.39, 0.29) is 0 Å². The number of fused-ring (bicyclic) bond motifs is 1. The van der Waals surface area contributed by atoms with E-state index < -0.39 is 0 Å². The summed E-state index contributed by atoms with van der Waals surface area (Å²) in [5, 5.41) is 1.25. The number of allylic oxidation sites excluding steroid dienone is 2. The Kier molecular flexibility index (Phi) is 2.24. The van der Waals surface area contributed by atoms with Crippen LogP contribution >= 0.6 is 0 Å². The summed E-state index contributed by atoms with van der Waals surface area (Å²) in [5.41, 5.74) is 5.07. The predicted molar refractivity (Wildman–Crippen MR) is 68.3 cm³/mol. The molecule has 0 atom stereocenters. The maximum absolute atomic E-state index is 4.68. The molecule has 0 saturated heterocycles. The second-order valence-corrected chi connectivity index (χ2v) is 4.45. The summed E-state index contributed by atoms with van der Waals surface area (Å²) in [6, 6.07) is 10.7. The molecule has 0 aliphatic heterocycles. The van der Waals surface area contributed by atoms with Crippen molar-refractivity contribution < 1.29 is 0 Å². The van der Waals surface area contributed by atoms with Crippen LogP contribution in [0.4, 0.5) is 0 Å². The van der Waals surface area contributed by atoms with Gasteiger partial charge in [0.15, 0.2) is 0 Å². The average molecular weight is 209 g/mol. The van der Waals surface area contributed by atoms with Gasteiger partial charge >= 0.3 is 0 Å². The van der Waals surface area contributed by atoms with Crippen LogP contribution in [-0.4, -0.2) is 4.98 Å². The molecule has 0 bridgehead atoms. The molecule has 0 spiro atoms. The third-order valence-electron chi connectivity index (χ3n) is 3.25. The maximum atomic E-state index is 4.68. The molecule has 1 aliphatic carbocycles. The Morgan fingerprint density at radius 3 is 2.88 bits per heavy atom. The molecule has 1 nitrogen and oxygen atoms in total. The van der Waals surface area contributed by atoms with E-state index in [1.54, 1.807) is 0 Å². The second-order valence-electron chi connectivity index (χ2n) is 4.45. The third-order valence-corrected chi connectivity index (χ3v) is 3.25. The van der Waals surface area contributed by atoms with Crippen molar-refractivity contribution in [3.05, 3.63) is 47.7 Å². The number of rotatable bonds is 1. The van der Waals surface area contributed by atoms with E-state index in [0.29, 0.717) is 0 Å². The molecule has 1 aromatic heterocycles. The van der Waals surface area contributed by atoms with Crippen molar-refractivity contribution in [1.82, 2.24) is 4.98 Å². The van der Waals surface area contributed by atoms with E-state index in [9.17, 15) is 0 Å². The molecule has 1 heteroatoms. The van der Waals surface area contributed by atoms with Crippen LogP contribution in [0, 0.1) is 6.92 Å². The van der Waals surface area contributed by atoms with Crippen LogP contribution in [0.2, 0.25) is 0 Å². The van der Waals surface area contributed by atoms with E-state index in [0.717, 1.165) is 11.2 Å². The number of hydrogen-bond acceptors (Lipinski definition) is 1. The molecule has 2 aromatic rings. The zero-order valence-corrected chi connectivity index (χ0v) is 9.53. The SMILES string of the molecule is Cc1ccc2cccc(C3=CCCC3)c2n1. The van der Waals surface area contributed by atoms with Crippen LogP contribution < -0.4 is 0 Å². The summed E-state index contributed by atoms with van der Waals surface area (Å²) in [4.78, 5) is 4.68. The van der Waals surface area contributed by atoms with Gasteiger partial charge in [0.05, 0.1) is 5.52 Å². The van der Waals surface area contributed by atoms with Crippen LogP contribution in [0.5, 0.6) is 0 Å². The first-order chi connectivity index (χ1) is 7.84. The zero-order chi connectivity index (χ0) is 11.0. The fraction of sp³-hybridized carbons (Fsp3) is 0.267. The number of aryl methyl sites for hydroxylation is 1. The molecule has 0 fully saturated rings. The van der Waals surface area contributed by atoms with Gasteiger partial charge in [0.25, 0.3) is 0 Å². The standard InChI is InChI=1S/C15H15N/c1-11-9-10-13-7-4-8-14(15(13)16-11)12-5-2-3-6-12/h4-5,7-10H,2-3,6H2,1H3. The van der Waals surface area contributed by atoms with Crippen molar-refractivity contribution in [2.75, 3.05) is 0 Å². The van der Waals surface area contributed by atoms with Crippen molar-refractivity contribution in [2.24, 2.45) is 0 Å². The molecule has 0 amide bonds. The monoisotopic (exact) mass is 209 g/mol. The molecule has 0 unspecified atom stereocenters. The molecular weight excluding hydrogens is 194 g/mol. The van der Waals surface area contributed by atoms with Crippen LogP contribution in [0.1, 0.15) is 30.5 Å². The number of benzene rings is 1. The maximum Gasteiger partial charge on any atom is 0.0780 e. The van der Waals surface area contributed by atoms with Gasteiger partial charge in [0, 0.05) is 16.6 Å². The largest absolute Gasteiger partial charge is 0.252 e. The van der Waals surface area contributed by atoms with Gasteiger partial charge in [-0.2, -0.15) is 0 Å². The van der Waals surface area contributed by atoms with Crippen LogP contribution in [-0.2, 0) is 0 Å². The van der Waals surface area contributed by atoms with Gasteiger partial charge in [0.1, 0.15) is 0 Å². The lowest BCUT2D eigenvalue weighted by Crippen LogP contribution is -1.89. The molecule has 1 heterocycles. The van der Waals surface area contributed by atoms with E-state index in [4.69, 9.17) is 0 Å². The summed E-state index contributed by atoms with van der Waals surface area (Å²) in [5.74, 6) is 0. The zero-order valence-electron chi connectivity index (χ0n) is 9.53. The minimum Gasteiger partial charge on any atom is -0.252 e. The summed E-state index contributed by atoms with van der Waals surface area (Å²) < 4.78 is 0. The molecule has 1 aliphatic rings. The van der Waals surface area contributed by atoms with Crippen molar-refractivity contribution >= 4 is 16.5 Å². The quantitative estimate of drug-likeness (QED) is 0.688. The Balaban J connectivity index is 2.27. The summed E-state index contributed by atoms with van der Waals surface area (Å²) >= 11 is 0. The van der Waals surface area contributed by atoms with E-state index in [1.807, 2.05) is 0 Å². The van der Waals surface area contributed by atoms with Crippen molar-refractivity contribution in [1.29, 1.82) is 0 Å². The van der Waals surface area contributed by atoms with Crippen LogP contribution in [0.25, 0.3) is 16.5 Å². The van der Waals surface area contributed by atoms with Crippen molar-refractivity contribution in [3.63, 3.8) is 0 Å². The Morgan fingerprint density at radius 2 is 2.06 bits per heavy atom. The van der Waals surface area contributed by atoms with E-state index >= 15 is 0 Å². The molecule has 0 N–H and O–H groups in total. The number of para-hydroxylation sites is 1. The fourth-order valence-corrected chi connectivity index (χ4v) is 2.42. The lowest BCUT2D eigenvalue weighted by molar-refractivity contribution is 0.935. The molecule has 1 aromatic carbocycles. The molecule has 80 valence electrons. The first-order valence-electron chi connectivity index (χ1n) is 5.90. The third kappa shape index (κ3) is 1.53. The van der Waals surface area contributed by atoms with Crippen molar-refractivity contribution in [2.45, 2.75) is 26.2 Å². The normalized spacial score (nSPS) is 15.4. The lowest BCUT2D eigenvalue weighted by atomic mass is 10.0. The predicted octanol–water partition coefficient (Wildman–Crippen LogP) is 4.11. The highest BCUT2D eigenvalue weighted by atomic mass is 14.7. The minimum absolute atomic E-state index is 1.10. The fourth-order valence-electron chi connectivity index (χ4n) is 2.42. The summed E-state index contributed by atoms with van der Waals surface area (Å²) in [7, 11) is 0. The van der Waals surface area contributed by atoms with Gasteiger partial charge in [0.2, 0.25) is 0 Å².